The van der Waals surface area contributed by atoms with E-state index in [2.05, 4.69) is 0 Å². The summed E-state index contributed by atoms with van der Waals surface area (Å²) in [5, 5.41) is 0. The van der Waals surface area contributed by atoms with Gasteiger partial charge in [-0.2, -0.15) is 0 Å². The molecule has 0 bridgehead atoms. The van der Waals surface area contributed by atoms with Crippen molar-refractivity contribution in [1.29, 1.82) is 0 Å². The third-order valence-corrected chi connectivity index (χ3v) is 3.25. The van der Waals surface area contributed by atoms with E-state index in [0.717, 1.165) is 6.42 Å². The van der Waals surface area contributed by atoms with Crippen molar-refractivity contribution in [2.24, 2.45) is 5.92 Å². The largest absolute Gasteiger partial charge is 0.456 e. The summed E-state index contributed by atoms with van der Waals surface area (Å²) in [7, 11) is 0. The van der Waals surface area contributed by atoms with Crippen molar-refractivity contribution in [3.05, 3.63) is 35.9 Å². The van der Waals surface area contributed by atoms with E-state index in [0.29, 0.717) is 18.8 Å². The lowest BCUT2D eigenvalue weighted by Gasteiger charge is -2.15. The van der Waals surface area contributed by atoms with Crippen LogP contribution in [0, 0.1) is 5.92 Å². The molecule has 1 aromatic carbocycles. The monoisotopic (exact) mass is 234 g/mol. The number of benzene rings is 1. The molecule has 3 atom stereocenters. The van der Waals surface area contributed by atoms with E-state index in [1.807, 2.05) is 18.2 Å². The first-order valence-electron chi connectivity index (χ1n) is 5.84. The lowest BCUT2D eigenvalue weighted by atomic mass is 10.0. The maximum atomic E-state index is 11.9. The van der Waals surface area contributed by atoms with Gasteiger partial charge in [0, 0.05) is 0 Å². The Kier molecular flexibility index (Phi) is 2.82. The Balaban J connectivity index is 1.66. The van der Waals surface area contributed by atoms with E-state index >= 15 is 0 Å². The molecule has 0 spiro atoms. The van der Waals surface area contributed by atoms with E-state index in [4.69, 9.17) is 14.2 Å². The Morgan fingerprint density at radius 2 is 2.06 bits per heavy atom. The zero-order valence-corrected chi connectivity index (χ0v) is 9.37. The highest BCUT2D eigenvalue weighted by Crippen LogP contribution is 2.33. The zero-order valence-electron chi connectivity index (χ0n) is 9.37. The molecule has 0 radical (unpaired) electrons. The van der Waals surface area contributed by atoms with Crippen molar-refractivity contribution in [3.63, 3.8) is 0 Å². The lowest BCUT2D eigenvalue weighted by molar-refractivity contribution is -0.0907. The summed E-state index contributed by atoms with van der Waals surface area (Å²) in [5.41, 5.74) is 0.579. The molecule has 0 unspecified atom stereocenters. The predicted octanol–water partition coefficient (Wildman–Crippen LogP) is 1.60. The third kappa shape index (κ3) is 2.06. The molecule has 2 heterocycles. The molecular weight excluding hydrogens is 220 g/mol. The first kappa shape index (κ1) is 10.7. The average Bonchev–Trinajstić information content (AvgIpc) is 2.95. The van der Waals surface area contributed by atoms with Gasteiger partial charge < -0.3 is 14.2 Å². The topological polar surface area (TPSA) is 44.8 Å². The number of fused-ring (bicyclic) bond motifs is 1. The van der Waals surface area contributed by atoms with E-state index < -0.39 is 0 Å². The number of hydrogen-bond acceptors (Lipinski definition) is 4. The quantitative estimate of drug-likeness (QED) is 0.729. The van der Waals surface area contributed by atoms with Crippen LogP contribution in [0.2, 0.25) is 0 Å². The van der Waals surface area contributed by atoms with Crippen molar-refractivity contribution >= 4 is 5.97 Å². The number of carbonyl (C=O) groups excluding carboxylic acids is 1. The summed E-state index contributed by atoms with van der Waals surface area (Å²) in [6.07, 6.45) is 0.552. The molecular formula is C13H14O4. The molecule has 2 aliphatic rings. The van der Waals surface area contributed by atoms with Gasteiger partial charge in [-0.05, 0) is 18.6 Å². The highest BCUT2D eigenvalue weighted by molar-refractivity contribution is 5.89. The Labute approximate surface area is 99.5 Å². The summed E-state index contributed by atoms with van der Waals surface area (Å²) in [5.74, 6) is -0.0885. The SMILES string of the molecule is O=C(O[C@H]1CO[C@@H]2OCC[C@@H]21)c1ccccc1. The van der Waals surface area contributed by atoms with E-state index in [1.165, 1.54) is 0 Å². The Bertz CT molecular complexity index is 403. The second-order valence-electron chi connectivity index (χ2n) is 4.33. The van der Waals surface area contributed by atoms with Gasteiger partial charge in [-0.3, -0.25) is 0 Å². The fourth-order valence-corrected chi connectivity index (χ4v) is 2.33. The fourth-order valence-electron chi connectivity index (χ4n) is 2.33. The average molecular weight is 234 g/mol. The standard InChI is InChI=1S/C13H14O4/c14-12(9-4-2-1-3-5-9)17-11-8-16-13-10(11)6-7-15-13/h1-5,10-11,13H,6-8H2/t10-,11+,13+/m1/s1. The van der Waals surface area contributed by atoms with E-state index in [9.17, 15) is 4.79 Å². The van der Waals surface area contributed by atoms with Crippen LogP contribution in [0.3, 0.4) is 0 Å². The maximum Gasteiger partial charge on any atom is 0.338 e. The van der Waals surface area contributed by atoms with Crippen molar-refractivity contribution < 1.29 is 19.0 Å². The Morgan fingerprint density at radius 1 is 1.24 bits per heavy atom. The molecule has 90 valence electrons. The van der Waals surface area contributed by atoms with Gasteiger partial charge in [-0.15, -0.1) is 0 Å². The number of rotatable bonds is 2. The van der Waals surface area contributed by atoms with Crippen LogP contribution in [0.5, 0.6) is 0 Å². The highest BCUT2D eigenvalue weighted by atomic mass is 16.7. The van der Waals surface area contributed by atoms with Crippen LogP contribution in [0.15, 0.2) is 30.3 Å². The van der Waals surface area contributed by atoms with Gasteiger partial charge in [-0.25, -0.2) is 4.79 Å². The predicted molar refractivity (Wildman–Crippen MR) is 59.4 cm³/mol. The molecule has 0 aromatic heterocycles. The van der Waals surface area contributed by atoms with Crippen LogP contribution in [-0.2, 0) is 14.2 Å². The van der Waals surface area contributed by atoms with Gasteiger partial charge in [0.1, 0.15) is 6.10 Å². The molecule has 3 rings (SSSR count). The van der Waals surface area contributed by atoms with Gasteiger partial charge in [0.2, 0.25) is 0 Å². The number of hydrogen-bond donors (Lipinski definition) is 0. The molecule has 0 saturated carbocycles. The van der Waals surface area contributed by atoms with Crippen LogP contribution < -0.4 is 0 Å². The summed E-state index contributed by atoms with van der Waals surface area (Å²) < 4.78 is 16.3. The van der Waals surface area contributed by atoms with E-state index in [-0.39, 0.29) is 24.3 Å². The molecule has 4 nitrogen and oxygen atoms in total. The Morgan fingerprint density at radius 3 is 2.88 bits per heavy atom. The third-order valence-electron chi connectivity index (χ3n) is 3.25. The smallest absolute Gasteiger partial charge is 0.338 e. The number of esters is 1. The molecule has 0 N–H and O–H groups in total. The number of carbonyl (C=O) groups is 1. The Hall–Kier alpha value is -1.39. The number of ether oxygens (including phenoxy) is 3. The second-order valence-corrected chi connectivity index (χ2v) is 4.33. The van der Waals surface area contributed by atoms with Crippen molar-refractivity contribution in [3.8, 4) is 0 Å². The molecule has 0 amide bonds. The summed E-state index contributed by atoms with van der Waals surface area (Å²) in [6, 6.07) is 9.02. The maximum absolute atomic E-state index is 11.9. The summed E-state index contributed by atoms with van der Waals surface area (Å²) in [4.78, 5) is 11.9. The van der Waals surface area contributed by atoms with Crippen molar-refractivity contribution in [2.75, 3.05) is 13.2 Å². The van der Waals surface area contributed by atoms with Crippen molar-refractivity contribution in [2.45, 2.75) is 18.8 Å². The molecule has 17 heavy (non-hydrogen) atoms. The van der Waals surface area contributed by atoms with Gasteiger partial charge in [0.05, 0.1) is 24.7 Å². The van der Waals surface area contributed by atoms with Crippen LogP contribution in [-0.4, -0.2) is 31.6 Å². The summed E-state index contributed by atoms with van der Waals surface area (Å²) in [6.45, 7) is 1.13. The zero-order chi connectivity index (χ0) is 11.7. The molecule has 2 fully saturated rings. The molecule has 0 aliphatic carbocycles. The van der Waals surface area contributed by atoms with E-state index in [1.54, 1.807) is 12.1 Å². The second kappa shape index (κ2) is 4.47. The van der Waals surface area contributed by atoms with Gasteiger partial charge in [0.25, 0.3) is 0 Å². The first-order chi connectivity index (χ1) is 8.34. The fraction of sp³-hybridized carbons (Fsp3) is 0.462. The van der Waals surface area contributed by atoms with Crippen LogP contribution in [0.25, 0.3) is 0 Å². The van der Waals surface area contributed by atoms with Crippen LogP contribution >= 0.6 is 0 Å². The van der Waals surface area contributed by atoms with Gasteiger partial charge in [0.15, 0.2) is 6.29 Å². The molecule has 2 saturated heterocycles. The minimum atomic E-state index is -0.285. The summed E-state index contributed by atoms with van der Waals surface area (Å²) >= 11 is 0. The first-order valence-corrected chi connectivity index (χ1v) is 5.84. The molecule has 1 aromatic rings. The lowest BCUT2D eigenvalue weighted by Crippen LogP contribution is -2.26. The van der Waals surface area contributed by atoms with Gasteiger partial charge in [-0.1, -0.05) is 18.2 Å². The van der Waals surface area contributed by atoms with Crippen LogP contribution in [0.1, 0.15) is 16.8 Å². The highest BCUT2D eigenvalue weighted by Gasteiger charge is 2.43. The van der Waals surface area contributed by atoms with Gasteiger partial charge >= 0.3 is 5.97 Å². The van der Waals surface area contributed by atoms with Crippen molar-refractivity contribution in [1.82, 2.24) is 0 Å². The normalized spacial score (nSPS) is 31.2. The molecule has 4 heteroatoms. The minimum Gasteiger partial charge on any atom is -0.456 e. The molecule has 2 aliphatic heterocycles. The van der Waals surface area contributed by atoms with Crippen LogP contribution in [0.4, 0.5) is 0 Å². The minimum absolute atomic E-state index is 0.171.